The molecule has 0 amide bonds. The Morgan fingerprint density at radius 2 is 1.67 bits per heavy atom. The second-order valence-electron chi connectivity index (χ2n) is 6.01. The van der Waals surface area contributed by atoms with Gasteiger partial charge in [-0.25, -0.2) is 8.42 Å². The lowest BCUT2D eigenvalue weighted by Gasteiger charge is -2.17. The third-order valence-corrected chi connectivity index (χ3v) is 4.25. The first-order valence-corrected chi connectivity index (χ1v) is 9.76. The van der Waals surface area contributed by atoms with Crippen LogP contribution >= 0.6 is 0 Å². The maximum absolute atomic E-state index is 11.2. The van der Waals surface area contributed by atoms with E-state index < -0.39 is 16.1 Å². The smallest absolute Gasteiger partial charge is 0.229 e. The van der Waals surface area contributed by atoms with Crippen LogP contribution in [0.4, 0.5) is 5.69 Å². The summed E-state index contributed by atoms with van der Waals surface area (Å²) in [6.45, 7) is 2.54. The van der Waals surface area contributed by atoms with E-state index in [9.17, 15) is 13.5 Å². The second-order valence-corrected chi connectivity index (χ2v) is 7.76. The highest BCUT2D eigenvalue weighted by molar-refractivity contribution is 7.92. The molecule has 0 bridgehead atoms. The van der Waals surface area contributed by atoms with Crippen LogP contribution in [0, 0.1) is 0 Å². The maximum Gasteiger partial charge on any atom is 0.229 e. The molecule has 2 atom stereocenters. The number of benzene rings is 2. The summed E-state index contributed by atoms with van der Waals surface area (Å²) in [5.41, 5.74) is 2.55. The van der Waals surface area contributed by atoms with Gasteiger partial charge in [-0.15, -0.1) is 0 Å². The SMILES string of the molecule is CC(Cc1ccc(NS(C)(=O)=O)cc1)NCC(O)c1ccccc1. The van der Waals surface area contributed by atoms with Crippen molar-refractivity contribution in [3.05, 3.63) is 65.7 Å². The predicted octanol–water partition coefficient (Wildman–Crippen LogP) is 2.31. The minimum Gasteiger partial charge on any atom is -0.387 e. The Kier molecular flexibility index (Phi) is 6.36. The van der Waals surface area contributed by atoms with Gasteiger partial charge >= 0.3 is 0 Å². The van der Waals surface area contributed by atoms with Gasteiger partial charge in [-0.05, 0) is 36.6 Å². The molecule has 2 aromatic rings. The third-order valence-electron chi connectivity index (χ3n) is 3.64. The van der Waals surface area contributed by atoms with Gasteiger partial charge < -0.3 is 10.4 Å². The molecule has 0 aliphatic carbocycles. The Labute approximate surface area is 143 Å². The van der Waals surface area contributed by atoms with Crippen molar-refractivity contribution in [2.45, 2.75) is 25.5 Å². The number of aliphatic hydroxyl groups excluding tert-OH is 1. The van der Waals surface area contributed by atoms with Gasteiger partial charge in [0, 0.05) is 18.3 Å². The van der Waals surface area contributed by atoms with Crippen LogP contribution in [0.5, 0.6) is 0 Å². The molecule has 0 spiro atoms. The molecule has 2 aromatic carbocycles. The fraction of sp³-hybridized carbons (Fsp3) is 0.333. The predicted molar refractivity (Wildman–Crippen MR) is 97.5 cm³/mol. The summed E-state index contributed by atoms with van der Waals surface area (Å²) < 4.78 is 24.8. The van der Waals surface area contributed by atoms with Crippen LogP contribution in [0.25, 0.3) is 0 Å². The first kappa shape index (κ1) is 18.4. The van der Waals surface area contributed by atoms with E-state index in [4.69, 9.17) is 0 Å². The molecule has 0 aliphatic rings. The van der Waals surface area contributed by atoms with E-state index in [1.165, 1.54) is 0 Å². The Balaban J connectivity index is 1.83. The molecular formula is C18H24N2O3S. The van der Waals surface area contributed by atoms with E-state index in [1.54, 1.807) is 12.1 Å². The molecule has 0 aliphatic heterocycles. The number of aliphatic hydroxyl groups is 1. The van der Waals surface area contributed by atoms with Crippen molar-refractivity contribution in [2.75, 3.05) is 17.5 Å². The topological polar surface area (TPSA) is 78.4 Å². The van der Waals surface area contributed by atoms with Crippen LogP contribution in [-0.2, 0) is 16.4 Å². The van der Waals surface area contributed by atoms with E-state index in [2.05, 4.69) is 17.0 Å². The van der Waals surface area contributed by atoms with Gasteiger partial charge in [-0.3, -0.25) is 4.72 Å². The molecule has 0 saturated heterocycles. The zero-order valence-electron chi connectivity index (χ0n) is 13.9. The fourth-order valence-corrected chi connectivity index (χ4v) is 3.02. The molecule has 0 saturated carbocycles. The first-order valence-electron chi connectivity index (χ1n) is 7.86. The zero-order valence-corrected chi connectivity index (χ0v) is 14.8. The average Bonchev–Trinajstić information content (AvgIpc) is 2.54. The summed E-state index contributed by atoms with van der Waals surface area (Å²) in [5.74, 6) is 0. The normalized spacial score (nSPS) is 14.1. The molecule has 130 valence electrons. The lowest BCUT2D eigenvalue weighted by molar-refractivity contribution is 0.170. The molecule has 3 N–H and O–H groups in total. The largest absolute Gasteiger partial charge is 0.387 e. The highest BCUT2D eigenvalue weighted by Crippen LogP contribution is 2.14. The van der Waals surface area contributed by atoms with Crippen LogP contribution in [0.1, 0.15) is 24.2 Å². The Bertz CT molecular complexity index is 731. The van der Waals surface area contributed by atoms with Gasteiger partial charge in [-0.2, -0.15) is 0 Å². The Morgan fingerprint density at radius 1 is 1.04 bits per heavy atom. The minimum atomic E-state index is -3.25. The number of hydrogen-bond donors (Lipinski definition) is 3. The van der Waals surface area contributed by atoms with Gasteiger partial charge in [0.1, 0.15) is 0 Å². The summed E-state index contributed by atoms with van der Waals surface area (Å²) in [5, 5.41) is 13.5. The highest BCUT2D eigenvalue weighted by Gasteiger charge is 2.10. The molecule has 2 unspecified atom stereocenters. The zero-order chi connectivity index (χ0) is 17.6. The monoisotopic (exact) mass is 348 g/mol. The lowest BCUT2D eigenvalue weighted by atomic mass is 10.1. The Hall–Kier alpha value is -1.89. The number of nitrogens with one attached hydrogen (secondary N) is 2. The molecule has 5 nitrogen and oxygen atoms in total. The summed E-state index contributed by atoms with van der Waals surface area (Å²) in [7, 11) is -3.25. The van der Waals surface area contributed by atoms with Crippen molar-refractivity contribution < 1.29 is 13.5 Å². The molecule has 0 fully saturated rings. The van der Waals surface area contributed by atoms with Crippen LogP contribution in [0.3, 0.4) is 0 Å². The number of sulfonamides is 1. The van der Waals surface area contributed by atoms with E-state index in [-0.39, 0.29) is 6.04 Å². The van der Waals surface area contributed by atoms with E-state index in [1.807, 2.05) is 42.5 Å². The maximum atomic E-state index is 11.2. The average molecular weight is 348 g/mol. The van der Waals surface area contributed by atoms with Crippen LogP contribution in [0.15, 0.2) is 54.6 Å². The van der Waals surface area contributed by atoms with Crippen LogP contribution in [-0.4, -0.2) is 32.4 Å². The molecule has 2 rings (SSSR count). The quantitative estimate of drug-likeness (QED) is 0.684. The molecule has 24 heavy (non-hydrogen) atoms. The van der Waals surface area contributed by atoms with Gasteiger partial charge in [0.2, 0.25) is 10.0 Å². The van der Waals surface area contributed by atoms with Crippen molar-refractivity contribution in [3.8, 4) is 0 Å². The van der Waals surface area contributed by atoms with Crippen molar-refractivity contribution in [2.24, 2.45) is 0 Å². The lowest BCUT2D eigenvalue weighted by Crippen LogP contribution is -2.32. The fourth-order valence-electron chi connectivity index (χ4n) is 2.45. The van der Waals surface area contributed by atoms with Gasteiger partial charge in [0.15, 0.2) is 0 Å². The van der Waals surface area contributed by atoms with Crippen LogP contribution < -0.4 is 10.0 Å². The summed E-state index contributed by atoms with van der Waals surface area (Å²) in [6.07, 6.45) is 1.39. The first-order chi connectivity index (χ1) is 11.3. The standard InChI is InChI=1S/C18H24N2O3S/c1-14(19-13-18(21)16-6-4-3-5-7-16)12-15-8-10-17(11-9-15)20-24(2,22)23/h3-11,14,18-21H,12-13H2,1-2H3. The molecular weight excluding hydrogens is 324 g/mol. The minimum absolute atomic E-state index is 0.192. The van der Waals surface area contributed by atoms with Crippen molar-refractivity contribution in [3.63, 3.8) is 0 Å². The van der Waals surface area contributed by atoms with Gasteiger partial charge in [0.05, 0.1) is 12.4 Å². The van der Waals surface area contributed by atoms with Gasteiger partial charge in [-0.1, -0.05) is 42.5 Å². The summed E-state index contributed by atoms with van der Waals surface area (Å²) in [4.78, 5) is 0. The number of rotatable bonds is 8. The number of hydrogen-bond acceptors (Lipinski definition) is 4. The van der Waals surface area contributed by atoms with Crippen LogP contribution in [0.2, 0.25) is 0 Å². The molecule has 6 heteroatoms. The molecule has 0 heterocycles. The van der Waals surface area contributed by atoms with Gasteiger partial charge in [0.25, 0.3) is 0 Å². The molecule has 0 aromatic heterocycles. The molecule has 0 radical (unpaired) electrons. The highest BCUT2D eigenvalue weighted by atomic mass is 32.2. The second kappa shape index (κ2) is 8.28. The third kappa shape index (κ3) is 6.31. The summed E-state index contributed by atoms with van der Waals surface area (Å²) in [6, 6.07) is 17.1. The van der Waals surface area contributed by atoms with Crippen molar-refractivity contribution >= 4 is 15.7 Å². The van der Waals surface area contributed by atoms with E-state index >= 15 is 0 Å². The number of anilines is 1. The van der Waals surface area contributed by atoms with Crippen molar-refractivity contribution in [1.29, 1.82) is 0 Å². The Morgan fingerprint density at radius 3 is 2.25 bits per heavy atom. The van der Waals surface area contributed by atoms with Crippen molar-refractivity contribution in [1.82, 2.24) is 5.32 Å². The van der Waals surface area contributed by atoms with E-state index in [0.717, 1.165) is 23.8 Å². The summed E-state index contributed by atoms with van der Waals surface area (Å²) >= 11 is 0. The van der Waals surface area contributed by atoms with E-state index in [0.29, 0.717) is 12.2 Å².